The molecule has 2 saturated heterocycles. The first-order valence-corrected chi connectivity index (χ1v) is 13.6. The number of H-pyrrole nitrogens is 1. The normalized spacial score (nSPS) is 18.0. The third kappa shape index (κ3) is 5.30. The fourth-order valence-corrected chi connectivity index (χ4v) is 6.13. The molecule has 1 amide bonds. The van der Waals surface area contributed by atoms with Crippen LogP contribution in [0, 0.1) is 12.8 Å². The van der Waals surface area contributed by atoms with E-state index in [2.05, 4.69) is 64.4 Å². The minimum Gasteiger partial charge on any atom is -0.354 e. The maximum Gasteiger partial charge on any atom is 0.222 e. The maximum absolute atomic E-state index is 12.8. The van der Waals surface area contributed by atoms with Gasteiger partial charge in [0.2, 0.25) is 5.91 Å². The number of amides is 1. The zero-order chi connectivity index (χ0) is 24.4. The molecule has 2 aromatic heterocycles. The van der Waals surface area contributed by atoms with Gasteiger partial charge in [-0.1, -0.05) is 19.9 Å². The van der Waals surface area contributed by atoms with E-state index in [1.165, 1.54) is 46.1 Å². The van der Waals surface area contributed by atoms with E-state index in [1.807, 2.05) is 13.1 Å². The summed E-state index contributed by atoms with van der Waals surface area (Å²) in [6, 6.07) is 11.2. The molecule has 2 aliphatic rings. The lowest BCUT2D eigenvalue weighted by Crippen LogP contribution is -2.38. The van der Waals surface area contributed by atoms with Crippen molar-refractivity contribution in [2.75, 3.05) is 26.2 Å². The van der Waals surface area contributed by atoms with E-state index in [-0.39, 0.29) is 0 Å². The summed E-state index contributed by atoms with van der Waals surface area (Å²) in [4.78, 5) is 23.0. The second kappa shape index (κ2) is 10.5. The SMILES string of the molecule is Cc1cc(-c2[nH]c3ccc(C4CCN(C(=O)CCC5CCNCC5)CC4)cc3c2C(C)C)ccn1. The number of nitrogens with zero attached hydrogens (tertiary/aromatic N) is 2. The van der Waals surface area contributed by atoms with E-state index in [1.54, 1.807) is 0 Å². The van der Waals surface area contributed by atoms with Gasteiger partial charge in [-0.05, 0) is 105 Å². The Kier molecular flexibility index (Phi) is 7.24. The van der Waals surface area contributed by atoms with Gasteiger partial charge in [-0.15, -0.1) is 0 Å². The van der Waals surface area contributed by atoms with Crippen molar-refractivity contribution in [3.05, 3.63) is 53.3 Å². The molecule has 0 unspecified atom stereocenters. The summed E-state index contributed by atoms with van der Waals surface area (Å²) in [5.41, 5.74) is 7.46. The molecule has 1 aromatic carbocycles. The number of carbonyl (C=O) groups is 1. The number of aromatic nitrogens is 2. The van der Waals surface area contributed by atoms with Crippen LogP contribution in [-0.2, 0) is 4.79 Å². The van der Waals surface area contributed by atoms with Gasteiger partial charge in [-0.2, -0.15) is 0 Å². The van der Waals surface area contributed by atoms with Crippen LogP contribution >= 0.6 is 0 Å². The van der Waals surface area contributed by atoms with Crippen molar-refractivity contribution in [3.63, 3.8) is 0 Å². The molecule has 0 saturated carbocycles. The fraction of sp³-hybridized carbons (Fsp3) is 0.533. The van der Waals surface area contributed by atoms with Crippen LogP contribution in [0.5, 0.6) is 0 Å². The quantitative estimate of drug-likeness (QED) is 0.452. The topological polar surface area (TPSA) is 61.0 Å². The van der Waals surface area contributed by atoms with Crippen molar-refractivity contribution < 1.29 is 4.79 Å². The molecule has 5 nitrogen and oxygen atoms in total. The van der Waals surface area contributed by atoms with Gasteiger partial charge in [0.15, 0.2) is 0 Å². The van der Waals surface area contributed by atoms with Crippen LogP contribution in [0.15, 0.2) is 36.5 Å². The number of fused-ring (bicyclic) bond motifs is 1. The van der Waals surface area contributed by atoms with E-state index in [0.717, 1.165) is 63.5 Å². The number of piperidine rings is 2. The summed E-state index contributed by atoms with van der Waals surface area (Å²) in [5.74, 6) is 2.03. The third-order valence-electron chi connectivity index (χ3n) is 8.17. The molecular weight excluding hydrogens is 432 g/mol. The monoisotopic (exact) mass is 472 g/mol. The largest absolute Gasteiger partial charge is 0.354 e. The van der Waals surface area contributed by atoms with E-state index in [9.17, 15) is 4.79 Å². The number of hydrogen-bond donors (Lipinski definition) is 2. The summed E-state index contributed by atoms with van der Waals surface area (Å²) in [5, 5.41) is 4.75. The molecule has 0 aliphatic carbocycles. The number of nitrogens with one attached hydrogen (secondary N) is 2. The van der Waals surface area contributed by atoms with E-state index in [0.29, 0.717) is 17.7 Å². The second-order valence-electron chi connectivity index (χ2n) is 10.9. The zero-order valence-electron chi connectivity index (χ0n) is 21.6. The van der Waals surface area contributed by atoms with Gasteiger partial charge in [0.25, 0.3) is 0 Å². The lowest BCUT2D eigenvalue weighted by atomic mass is 9.87. The summed E-state index contributed by atoms with van der Waals surface area (Å²) in [6.45, 7) is 10.6. The van der Waals surface area contributed by atoms with Crippen molar-refractivity contribution in [2.45, 2.75) is 71.1 Å². The molecule has 0 spiro atoms. The average molecular weight is 473 g/mol. The lowest BCUT2D eigenvalue weighted by Gasteiger charge is -2.33. The Balaban J connectivity index is 1.28. The highest BCUT2D eigenvalue weighted by atomic mass is 16.2. The molecule has 4 heterocycles. The maximum atomic E-state index is 12.8. The molecular formula is C30H40N4O. The van der Waals surface area contributed by atoms with Crippen LogP contribution in [0.3, 0.4) is 0 Å². The van der Waals surface area contributed by atoms with E-state index in [4.69, 9.17) is 0 Å². The summed E-state index contributed by atoms with van der Waals surface area (Å²) >= 11 is 0. The summed E-state index contributed by atoms with van der Waals surface area (Å²) in [7, 11) is 0. The van der Waals surface area contributed by atoms with E-state index >= 15 is 0 Å². The minimum atomic E-state index is 0.363. The highest BCUT2D eigenvalue weighted by Gasteiger charge is 2.26. The molecule has 2 fully saturated rings. The Bertz CT molecular complexity index is 1170. The van der Waals surface area contributed by atoms with Gasteiger partial charge in [-0.3, -0.25) is 9.78 Å². The van der Waals surface area contributed by atoms with Crippen LogP contribution in [-0.4, -0.2) is 47.0 Å². The molecule has 35 heavy (non-hydrogen) atoms. The molecule has 5 heteroatoms. The first kappa shape index (κ1) is 24.1. The Morgan fingerprint density at radius 2 is 1.86 bits per heavy atom. The Hall–Kier alpha value is -2.66. The molecule has 5 rings (SSSR count). The van der Waals surface area contributed by atoms with Gasteiger partial charge in [0, 0.05) is 47.9 Å². The van der Waals surface area contributed by atoms with Gasteiger partial charge < -0.3 is 15.2 Å². The minimum absolute atomic E-state index is 0.363. The van der Waals surface area contributed by atoms with Gasteiger partial charge in [0.1, 0.15) is 0 Å². The molecule has 0 atom stereocenters. The van der Waals surface area contributed by atoms with Crippen LogP contribution in [0.4, 0.5) is 0 Å². The Labute approximate surface area is 209 Å². The third-order valence-corrected chi connectivity index (χ3v) is 8.17. The zero-order valence-corrected chi connectivity index (χ0v) is 21.6. The number of pyridine rings is 1. The van der Waals surface area contributed by atoms with Crippen LogP contribution < -0.4 is 5.32 Å². The molecule has 186 valence electrons. The van der Waals surface area contributed by atoms with Crippen LogP contribution in [0.1, 0.15) is 81.0 Å². The Morgan fingerprint density at radius 1 is 1.09 bits per heavy atom. The first-order valence-electron chi connectivity index (χ1n) is 13.6. The highest BCUT2D eigenvalue weighted by molar-refractivity contribution is 5.92. The predicted molar refractivity (Wildman–Crippen MR) is 144 cm³/mol. The second-order valence-corrected chi connectivity index (χ2v) is 10.9. The summed E-state index contributed by atoms with van der Waals surface area (Å²) < 4.78 is 0. The van der Waals surface area contributed by atoms with Crippen molar-refractivity contribution >= 4 is 16.8 Å². The molecule has 2 N–H and O–H groups in total. The molecule has 0 bridgehead atoms. The van der Waals surface area contributed by atoms with Crippen molar-refractivity contribution in [3.8, 4) is 11.3 Å². The van der Waals surface area contributed by atoms with Gasteiger partial charge >= 0.3 is 0 Å². The Morgan fingerprint density at radius 3 is 2.57 bits per heavy atom. The number of likely N-dealkylation sites (tertiary alicyclic amines) is 1. The number of rotatable bonds is 6. The average Bonchev–Trinajstić information content (AvgIpc) is 3.27. The molecule has 0 radical (unpaired) electrons. The molecule has 2 aliphatic heterocycles. The van der Waals surface area contributed by atoms with Crippen molar-refractivity contribution in [1.82, 2.24) is 20.2 Å². The lowest BCUT2D eigenvalue weighted by molar-refractivity contribution is -0.132. The number of aryl methyl sites for hydroxylation is 1. The number of benzene rings is 1. The first-order chi connectivity index (χ1) is 17.0. The van der Waals surface area contributed by atoms with Crippen LogP contribution in [0.2, 0.25) is 0 Å². The number of hydrogen-bond acceptors (Lipinski definition) is 3. The van der Waals surface area contributed by atoms with Crippen molar-refractivity contribution in [2.24, 2.45) is 5.92 Å². The van der Waals surface area contributed by atoms with Crippen LogP contribution in [0.25, 0.3) is 22.2 Å². The van der Waals surface area contributed by atoms with Crippen molar-refractivity contribution in [1.29, 1.82) is 0 Å². The number of carbonyl (C=O) groups excluding carboxylic acids is 1. The number of aromatic amines is 1. The highest BCUT2D eigenvalue weighted by Crippen LogP contribution is 2.38. The predicted octanol–water partition coefficient (Wildman–Crippen LogP) is 6.15. The van der Waals surface area contributed by atoms with E-state index < -0.39 is 0 Å². The molecule has 3 aromatic rings. The summed E-state index contributed by atoms with van der Waals surface area (Å²) in [6.07, 6.45) is 8.23. The standard InChI is InChI=1S/C30H40N4O/c1-20(2)29-26-19-24(5-6-27(26)33-30(29)25-10-15-32-21(3)18-25)23-11-16-34(17-12-23)28(35)7-4-22-8-13-31-14-9-22/h5-6,10,15,18-20,22-23,31,33H,4,7-9,11-14,16-17H2,1-3H3. The van der Waals surface area contributed by atoms with Gasteiger partial charge in [0.05, 0.1) is 5.69 Å². The smallest absolute Gasteiger partial charge is 0.222 e. The van der Waals surface area contributed by atoms with Gasteiger partial charge in [-0.25, -0.2) is 0 Å². The fourth-order valence-electron chi connectivity index (χ4n) is 6.13.